The Hall–Kier alpha value is -2.89. The number of rotatable bonds is 5. The maximum absolute atomic E-state index is 12.5. The third-order valence-corrected chi connectivity index (χ3v) is 4.44. The largest absolute Gasteiger partial charge is 0.443 e. The molecule has 130 valence electrons. The number of fused-ring (bicyclic) bond motifs is 1. The SMILES string of the molecule is Cc1oc2ncn(CC(=O)NCC(C)c3ccccc3)c(=O)c2c1C. The zero-order valence-corrected chi connectivity index (χ0v) is 14.6. The van der Waals surface area contributed by atoms with Gasteiger partial charge in [0.25, 0.3) is 5.56 Å². The molecule has 0 aliphatic heterocycles. The normalized spacial score (nSPS) is 12.3. The van der Waals surface area contributed by atoms with Crippen LogP contribution < -0.4 is 10.9 Å². The van der Waals surface area contributed by atoms with E-state index < -0.39 is 0 Å². The first-order chi connectivity index (χ1) is 12.0. The second-order valence-electron chi connectivity index (χ2n) is 6.26. The van der Waals surface area contributed by atoms with E-state index >= 15 is 0 Å². The predicted molar refractivity (Wildman–Crippen MR) is 95.6 cm³/mol. The van der Waals surface area contributed by atoms with E-state index in [1.807, 2.05) is 44.2 Å². The number of nitrogens with zero attached hydrogens (tertiary/aromatic N) is 2. The highest BCUT2D eigenvalue weighted by molar-refractivity contribution is 5.79. The summed E-state index contributed by atoms with van der Waals surface area (Å²) in [5, 5.41) is 3.31. The van der Waals surface area contributed by atoms with Crippen molar-refractivity contribution in [2.45, 2.75) is 33.2 Å². The third-order valence-electron chi connectivity index (χ3n) is 4.44. The maximum Gasteiger partial charge on any atom is 0.265 e. The van der Waals surface area contributed by atoms with Gasteiger partial charge >= 0.3 is 0 Å². The molecule has 6 nitrogen and oxygen atoms in total. The molecule has 0 saturated heterocycles. The summed E-state index contributed by atoms with van der Waals surface area (Å²) in [5.74, 6) is 0.642. The topological polar surface area (TPSA) is 77.1 Å². The first-order valence-corrected chi connectivity index (χ1v) is 8.24. The Bertz CT molecular complexity index is 957. The standard InChI is InChI=1S/C19H21N3O3/c1-12(15-7-5-4-6-8-15)9-20-16(23)10-22-11-21-18-17(19(22)24)13(2)14(3)25-18/h4-8,11-12H,9-10H2,1-3H3,(H,20,23). The number of benzene rings is 1. The molecule has 1 unspecified atom stereocenters. The molecule has 0 saturated carbocycles. The Balaban J connectivity index is 1.69. The number of aryl methyl sites for hydroxylation is 2. The van der Waals surface area contributed by atoms with E-state index in [9.17, 15) is 9.59 Å². The lowest BCUT2D eigenvalue weighted by molar-refractivity contribution is -0.121. The number of carbonyl (C=O) groups is 1. The molecular weight excluding hydrogens is 318 g/mol. The van der Waals surface area contributed by atoms with E-state index in [1.165, 1.54) is 10.9 Å². The zero-order valence-electron chi connectivity index (χ0n) is 14.6. The second-order valence-corrected chi connectivity index (χ2v) is 6.26. The lowest BCUT2D eigenvalue weighted by Crippen LogP contribution is -2.34. The van der Waals surface area contributed by atoms with Crippen molar-refractivity contribution in [2.75, 3.05) is 6.54 Å². The molecule has 2 heterocycles. The van der Waals surface area contributed by atoms with Crippen molar-refractivity contribution >= 4 is 17.0 Å². The van der Waals surface area contributed by atoms with Gasteiger partial charge in [-0.2, -0.15) is 0 Å². The van der Waals surface area contributed by atoms with Crippen molar-refractivity contribution in [3.8, 4) is 0 Å². The Kier molecular flexibility index (Phi) is 4.70. The average Bonchev–Trinajstić information content (AvgIpc) is 2.91. The van der Waals surface area contributed by atoms with Gasteiger partial charge in [-0.15, -0.1) is 0 Å². The number of hydrogen-bond donors (Lipinski definition) is 1. The van der Waals surface area contributed by atoms with Crippen molar-refractivity contribution < 1.29 is 9.21 Å². The minimum absolute atomic E-state index is 0.0625. The first kappa shape index (κ1) is 17.0. The summed E-state index contributed by atoms with van der Waals surface area (Å²) in [4.78, 5) is 28.9. The molecule has 6 heteroatoms. The molecule has 0 aliphatic carbocycles. The molecule has 0 aliphatic rings. The summed E-state index contributed by atoms with van der Waals surface area (Å²) in [6, 6.07) is 9.98. The maximum atomic E-state index is 12.5. The summed E-state index contributed by atoms with van der Waals surface area (Å²) in [6.07, 6.45) is 1.35. The van der Waals surface area contributed by atoms with Gasteiger partial charge in [-0.1, -0.05) is 37.3 Å². The van der Waals surface area contributed by atoms with Gasteiger partial charge in [0.05, 0.1) is 0 Å². The summed E-state index contributed by atoms with van der Waals surface area (Å²) < 4.78 is 6.75. The quantitative estimate of drug-likeness (QED) is 0.775. The zero-order chi connectivity index (χ0) is 18.0. The van der Waals surface area contributed by atoms with E-state index in [-0.39, 0.29) is 23.9 Å². The lowest BCUT2D eigenvalue weighted by atomic mass is 10.0. The number of nitrogens with one attached hydrogen (secondary N) is 1. The van der Waals surface area contributed by atoms with Crippen molar-refractivity contribution in [3.63, 3.8) is 0 Å². The van der Waals surface area contributed by atoms with Crippen LogP contribution in [0.3, 0.4) is 0 Å². The minimum atomic E-state index is -0.259. The van der Waals surface area contributed by atoms with Crippen LogP contribution in [0.1, 0.15) is 29.7 Å². The Morgan fingerprint density at radius 2 is 2.00 bits per heavy atom. The molecular formula is C19H21N3O3. The van der Waals surface area contributed by atoms with Crippen LogP contribution >= 0.6 is 0 Å². The van der Waals surface area contributed by atoms with Gasteiger partial charge in [0.2, 0.25) is 11.6 Å². The molecule has 0 spiro atoms. The molecule has 0 radical (unpaired) electrons. The van der Waals surface area contributed by atoms with Crippen molar-refractivity contribution in [1.29, 1.82) is 0 Å². The van der Waals surface area contributed by atoms with Gasteiger partial charge in [0, 0.05) is 12.1 Å². The summed E-state index contributed by atoms with van der Waals surface area (Å²) in [6.45, 7) is 6.10. The Morgan fingerprint density at radius 1 is 1.28 bits per heavy atom. The molecule has 0 fully saturated rings. The Morgan fingerprint density at radius 3 is 2.72 bits per heavy atom. The van der Waals surface area contributed by atoms with Gasteiger partial charge in [-0.05, 0) is 25.3 Å². The molecule has 1 aromatic carbocycles. The highest BCUT2D eigenvalue weighted by Crippen LogP contribution is 2.19. The number of aromatic nitrogens is 2. The highest BCUT2D eigenvalue weighted by Gasteiger charge is 2.15. The molecule has 25 heavy (non-hydrogen) atoms. The smallest absolute Gasteiger partial charge is 0.265 e. The fourth-order valence-electron chi connectivity index (χ4n) is 2.76. The summed E-state index contributed by atoms with van der Waals surface area (Å²) in [5.41, 5.74) is 1.98. The number of furan rings is 1. The number of hydrogen-bond acceptors (Lipinski definition) is 4. The average molecular weight is 339 g/mol. The molecule has 1 amide bonds. The first-order valence-electron chi connectivity index (χ1n) is 8.24. The van der Waals surface area contributed by atoms with Crippen molar-refractivity contribution in [3.05, 3.63) is 63.9 Å². The molecule has 3 rings (SSSR count). The van der Waals surface area contributed by atoms with E-state index in [4.69, 9.17) is 4.42 Å². The van der Waals surface area contributed by atoms with E-state index in [0.717, 1.165) is 11.1 Å². The van der Waals surface area contributed by atoms with E-state index in [2.05, 4.69) is 10.3 Å². The van der Waals surface area contributed by atoms with Crippen LogP contribution in [0.2, 0.25) is 0 Å². The van der Waals surface area contributed by atoms with Crippen LogP contribution in [0.15, 0.2) is 45.9 Å². The highest BCUT2D eigenvalue weighted by atomic mass is 16.3. The van der Waals surface area contributed by atoms with E-state index in [0.29, 0.717) is 23.4 Å². The lowest BCUT2D eigenvalue weighted by Gasteiger charge is -2.13. The fraction of sp³-hybridized carbons (Fsp3) is 0.316. The summed E-state index contributed by atoms with van der Waals surface area (Å²) in [7, 11) is 0. The summed E-state index contributed by atoms with van der Waals surface area (Å²) >= 11 is 0. The second kappa shape index (κ2) is 6.93. The van der Waals surface area contributed by atoms with Crippen LogP contribution in [0.25, 0.3) is 11.1 Å². The van der Waals surface area contributed by atoms with Crippen LogP contribution in [0, 0.1) is 13.8 Å². The fourth-order valence-corrected chi connectivity index (χ4v) is 2.76. The third kappa shape index (κ3) is 3.47. The van der Waals surface area contributed by atoms with Gasteiger partial charge in [-0.25, -0.2) is 4.98 Å². The van der Waals surface area contributed by atoms with E-state index in [1.54, 1.807) is 6.92 Å². The van der Waals surface area contributed by atoms with Gasteiger partial charge in [-0.3, -0.25) is 14.2 Å². The number of carbonyl (C=O) groups excluding carboxylic acids is 1. The minimum Gasteiger partial charge on any atom is -0.443 e. The number of amides is 1. The van der Waals surface area contributed by atoms with Gasteiger partial charge < -0.3 is 9.73 Å². The van der Waals surface area contributed by atoms with Crippen LogP contribution in [0.4, 0.5) is 0 Å². The molecule has 1 N–H and O–H groups in total. The molecule has 0 bridgehead atoms. The van der Waals surface area contributed by atoms with Crippen molar-refractivity contribution in [2.24, 2.45) is 0 Å². The van der Waals surface area contributed by atoms with Crippen LogP contribution in [-0.2, 0) is 11.3 Å². The predicted octanol–water partition coefficient (Wildman–Crippen LogP) is 2.53. The molecule has 2 aromatic heterocycles. The van der Waals surface area contributed by atoms with Gasteiger partial charge in [0.15, 0.2) is 0 Å². The van der Waals surface area contributed by atoms with Gasteiger partial charge in [0.1, 0.15) is 24.0 Å². The monoisotopic (exact) mass is 339 g/mol. The van der Waals surface area contributed by atoms with Crippen LogP contribution in [-0.4, -0.2) is 22.0 Å². The molecule has 3 aromatic rings. The van der Waals surface area contributed by atoms with Crippen LogP contribution in [0.5, 0.6) is 0 Å². The Labute approximate surface area is 145 Å². The molecule has 1 atom stereocenters. The van der Waals surface area contributed by atoms with Crippen molar-refractivity contribution in [1.82, 2.24) is 14.9 Å².